The third-order valence-corrected chi connectivity index (χ3v) is 8.83. The average molecular weight is 753 g/mol. The minimum absolute atomic E-state index is 0.143. The number of rotatable bonds is 13. The molecule has 4 aromatic rings. The van der Waals surface area contributed by atoms with Crippen LogP contribution >= 0.6 is 20.8 Å². The number of benzene rings is 2. The molecule has 52 heavy (non-hydrogen) atoms. The lowest BCUT2D eigenvalue weighted by atomic mass is 10.2. The highest BCUT2D eigenvalue weighted by Gasteiger charge is 2.31. The minimum Gasteiger partial charge on any atom is -0.497 e. The van der Waals surface area contributed by atoms with Crippen LogP contribution < -0.4 is 9.47 Å². The van der Waals surface area contributed by atoms with Crippen LogP contribution in [-0.2, 0) is 44.6 Å². The number of ether oxygens (including phenoxy) is 4. The number of likely N-dealkylation sites (tertiary alicyclic amines) is 2. The Bertz CT molecular complexity index is 1570. The van der Waals surface area contributed by atoms with Gasteiger partial charge in [0.2, 0.25) is 11.8 Å². The van der Waals surface area contributed by atoms with Gasteiger partial charge in [-0.3, -0.25) is 19.6 Å². The first-order valence-corrected chi connectivity index (χ1v) is 18.7. The first-order valence-electron chi connectivity index (χ1n) is 17.7. The fourth-order valence-electron chi connectivity index (χ4n) is 5.68. The molecule has 4 heterocycles. The minimum atomic E-state index is 0.143. The summed E-state index contributed by atoms with van der Waals surface area (Å²) in [5.74, 6) is 2.69. The Morgan fingerprint density at radius 1 is 0.692 bits per heavy atom. The number of nitrogens with zero attached hydrogens (tertiary/aromatic N) is 4. The average Bonchev–Trinajstić information content (AvgIpc) is 3.73. The van der Waals surface area contributed by atoms with Crippen LogP contribution in [0.5, 0.6) is 11.5 Å². The fraction of sp³-hybridized carbons (Fsp3) is 0.400. The maximum absolute atomic E-state index is 12.1. The molecule has 6 rings (SSSR count). The number of hydrogen-bond acceptors (Lipinski definition) is 8. The van der Waals surface area contributed by atoms with E-state index in [2.05, 4.69) is 9.97 Å². The van der Waals surface area contributed by atoms with Crippen molar-refractivity contribution in [3.63, 3.8) is 0 Å². The summed E-state index contributed by atoms with van der Waals surface area (Å²) in [6.07, 6.45) is 10.0. The van der Waals surface area contributed by atoms with E-state index in [1.54, 1.807) is 46.1 Å². The summed E-state index contributed by atoms with van der Waals surface area (Å²) in [4.78, 5) is 35.7. The molecule has 3 atom stereocenters. The van der Waals surface area contributed by atoms with E-state index in [0.717, 1.165) is 46.6 Å². The first-order chi connectivity index (χ1) is 25.8. The molecule has 2 fully saturated rings. The second-order valence-electron chi connectivity index (χ2n) is 11.9. The Labute approximate surface area is 317 Å². The van der Waals surface area contributed by atoms with Crippen LogP contribution in [0.3, 0.4) is 0 Å². The van der Waals surface area contributed by atoms with Crippen LogP contribution in [0.25, 0.3) is 0 Å². The zero-order valence-corrected chi connectivity index (χ0v) is 32.3. The SMILES string of the molecule is COC[C@H]1CCC(=O)N1Cc1ccncc1.COc1ccc(CCl)cc1.COc1ccc(COC[C@H]2CCC(=O)N2Cc2ccncc2)cc1.[3H]PC. The number of pyridine rings is 2. The maximum atomic E-state index is 12.1. The van der Waals surface area contributed by atoms with Gasteiger partial charge >= 0.3 is 0 Å². The molecule has 0 aliphatic carbocycles. The lowest BCUT2D eigenvalue weighted by Crippen LogP contribution is -2.35. The molecule has 2 amide bonds. The molecule has 10 nitrogen and oxygen atoms in total. The van der Waals surface area contributed by atoms with Gasteiger partial charge in [-0.05, 0) is 83.6 Å². The number of carbonyl (C=O) groups excluding carboxylic acids is 2. The second kappa shape index (κ2) is 24.2. The van der Waals surface area contributed by atoms with Crippen molar-refractivity contribution in [1.29, 1.82) is 1.28 Å². The molecular weight excluding hydrogens is 699 g/mol. The predicted molar refractivity (Wildman–Crippen MR) is 208 cm³/mol. The van der Waals surface area contributed by atoms with Crippen LogP contribution in [-0.4, -0.2) is 86.2 Å². The predicted octanol–water partition coefficient (Wildman–Crippen LogP) is 6.94. The lowest BCUT2D eigenvalue weighted by molar-refractivity contribution is -0.131. The molecule has 0 radical (unpaired) electrons. The van der Waals surface area contributed by atoms with E-state index < -0.39 is 0 Å². The number of halogens is 1. The monoisotopic (exact) mass is 752 g/mol. The van der Waals surface area contributed by atoms with E-state index in [-0.39, 0.29) is 23.9 Å². The van der Waals surface area contributed by atoms with Crippen LogP contribution in [0.2, 0.25) is 0 Å². The number of methoxy groups -OCH3 is 3. The number of hydrogen-bond donors (Lipinski definition) is 0. The molecule has 0 bridgehead atoms. The molecule has 2 aliphatic rings. The van der Waals surface area contributed by atoms with Crippen molar-refractivity contribution in [3.8, 4) is 11.5 Å². The summed E-state index contributed by atoms with van der Waals surface area (Å²) in [7, 11) is 5.31. The van der Waals surface area contributed by atoms with Crippen LogP contribution in [0.1, 0.15) is 47.9 Å². The van der Waals surface area contributed by atoms with Gasteiger partial charge in [0, 0.05) is 63.7 Å². The van der Waals surface area contributed by atoms with Crippen molar-refractivity contribution < 1.29 is 28.5 Å². The molecule has 0 spiro atoms. The van der Waals surface area contributed by atoms with Gasteiger partial charge in [0.25, 0.3) is 0 Å². The fourth-order valence-corrected chi connectivity index (χ4v) is 5.86. The Hall–Kier alpha value is -4.08. The first kappa shape index (κ1) is 40.7. The number of aromatic nitrogens is 2. The van der Waals surface area contributed by atoms with Crippen molar-refractivity contribution in [2.75, 3.05) is 41.2 Å². The van der Waals surface area contributed by atoms with Crippen LogP contribution in [0.15, 0.2) is 97.6 Å². The summed E-state index contributed by atoms with van der Waals surface area (Å²) in [5, 5.41) is 0. The quantitative estimate of drug-likeness (QED) is 0.107. The van der Waals surface area contributed by atoms with E-state index in [0.29, 0.717) is 60.8 Å². The zero-order valence-electron chi connectivity index (χ0n) is 31.6. The van der Waals surface area contributed by atoms with Gasteiger partial charge in [-0.25, -0.2) is 0 Å². The van der Waals surface area contributed by atoms with Gasteiger partial charge in [0.1, 0.15) is 11.5 Å². The number of amides is 2. The van der Waals surface area contributed by atoms with Gasteiger partial charge in [-0.15, -0.1) is 20.8 Å². The molecule has 2 aromatic carbocycles. The highest BCUT2D eigenvalue weighted by molar-refractivity contribution is 7.15. The van der Waals surface area contributed by atoms with Crippen molar-refractivity contribution >= 4 is 32.6 Å². The second-order valence-corrected chi connectivity index (χ2v) is 12.2. The molecule has 2 aliphatic heterocycles. The lowest BCUT2D eigenvalue weighted by Gasteiger charge is -2.24. The van der Waals surface area contributed by atoms with E-state index in [9.17, 15) is 9.59 Å². The summed E-state index contributed by atoms with van der Waals surface area (Å²) < 4.78 is 27.3. The van der Waals surface area contributed by atoms with E-state index in [4.69, 9.17) is 31.8 Å². The van der Waals surface area contributed by atoms with Crippen LogP contribution in [0.4, 0.5) is 0 Å². The summed E-state index contributed by atoms with van der Waals surface area (Å²) in [6.45, 7) is 4.82. The molecular formula is C40H52ClN4O6P. The summed E-state index contributed by atoms with van der Waals surface area (Å²) >= 11 is 5.58. The van der Waals surface area contributed by atoms with Crippen molar-refractivity contribution in [3.05, 3.63) is 120 Å². The van der Waals surface area contributed by atoms with Gasteiger partial charge in [-0.2, -0.15) is 0 Å². The number of alkyl halides is 1. The van der Waals surface area contributed by atoms with Gasteiger partial charge < -0.3 is 28.7 Å². The van der Waals surface area contributed by atoms with Crippen molar-refractivity contribution in [1.82, 2.24) is 19.8 Å². The smallest absolute Gasteiger partial charge is 0.223 e. The molecule has 0 saturated carbocycles. The van der Waals surface area contributed by atoms with Gasteiger partial charge in [0.15, 0.2) is 0 Å². The largest absolute Gasteiger partial charge is 0.497 e. The highest BCUT2D eigenvalue weighted by atomic mass is 35.5. The molecule has 2 saturated heterocycles. The van der Waals surface area contributed by atoms with Gasteiger partial charge in [-0.1, -0.05) is 30.9 Å². The highest BCUT2D eigenvalue weighted by Crippen LogP contribution is 2.23. The molecule has 2 aromatic heterocycles. The van der Waals surface area contributed by atoms with Crippen molar-refractivity contribution in [2.45, 2.75) is 63.3 Å². The third-order valence-electron chi connectivity index (χ3n) is 8.52. The molecule has 0 N–H and O–H groups in total. The topological polar surface area (TPSA) is 103 Å². The van der Waals surface area contributed by atoms with E-state index in [1.807, 2.05) is 89.3 Å². The normalized spacial score (nSPS) is 16.7. The van der Waals surface area contributed by atoms with Gasteiger partial charge in [0.05, 0.1) is 47.4 Å². The Morgan fingerprint density at radius 2 is 1.12 bits per heavy atom. The van der Waals surface area contributed by atoms with Crippen LogP contribution in [0, 0.1) is 0 Å². The molecule has 12 heteroatoms. The number of carbonyl (C=O) groups is 2. The standard InChI is InChI=1S/C19H22N2O3.C12H16N2O2.C8H9ClO.CH5P/c1-23-18-5-2-16(3-6-18)13-24-14-17-4-7-19(22)21(17)12-15-8-10-20-11-9-15;1-16-9-11-2-3-12(15)14(11)8-10-4-6-13-7-5-10;1-10-8-4-2-7(6-9)3-5-8;1-2/h2-3,5-6,8-11,17H,4,7,12-14H2,1H3;4-7,11H,2-3,8-9H2,1H3;2-5H,6H2,1H3;2H2,1H3/t17-;11-;;/m11../s1/i;;;2T. The summed E-state index contributed by atoms with van der Waals surface area (Å²) in [5.41, 5.74) is 4.43. The van der Waals surface area contributed by atoms with Crippen molar-refractivity contribution in [2.24, 2.45) is 0 Å². The van der Waals surface area contributed by atoms with E-state index in [1.165, 1.54) is 0 Å². The zero-order chi connectivity index (χ0) is 38.3. The van der Waals surface area contributed by atoms with E-state index >= 15 is 0 Å². The molecule has 280 valence electrons. The summed E-state index contributed by atoms with van der Waals surface area (Å²) in [6, 6.07) is 23.7. The maximum Gasteiger partial charge on any atom is 0.223 e. The Balaban J connectivity index is 0.000000224. The Kier molecular flexibility index (Phi) is 18.9. The Morgan fingerprint density at radius 3 is 1.52 bits per heavy atom. The third kappa shape index (κ3) is 14.2. The molecule has 1 unspecified atom stereocenters.